The number of alkyl halides is 2. The van der Waals surface area contributed by atoms with Crippen molar-refractivity contribution in [3.05, 3.63) is 44.5 Å². The Morgan fingerprint density at radius 2 is 2.20 bits per heavy atom. The first-order valence-electron chi connectivity index (χ1n) is 5.58. The van der Waals surface area contributed by atoms with Crippen molar-refractivity contribution in [3.63, 3.8) is 0 Å². The number of rotatable bonds is 0. The minimum atomic E-state index is -0.659. The second-order valence-electron chi connectivity index (χ2n) is 4.40. The van der Waals surface area contributed by atoms with E-state index in [4.69, 9.17) is 0 Å². The van der Waals surface area contributed by atoms with Gasteiger partial charge < -0.3 is 0 Å². The molecule has 2 aliphatic heterocycles. The summed E-state index contributed by atoms with van der Waals surface area (Å²) in [5.74, 6) is 0. The van der Waals surface area contributed by atoms with Gasteiger partial charge in [-0.25, -0.2) is 0 Å². The molecule has 0 N–H and O–H groups in total. The fourth-order valence-electron chi connectivity index (χ4n) is 2.62. The molecule has 1 aromatic rings. The van der Waals surface area contributed by atoms with Crippen LogP contribution in [0.2, 0.25) is 0 Å². The number of allylic oxidation sites excluding steroid dienone is 2. The van der Waals surface area contributed by atoms with Gasteiger partial charge in [-0.2, -0.15) is 0 Å². The molecule has 0 saturated carbocycles. The minimum absolute atomic E-state index is 0.659. The molecular formula is C14H13I. The van der Waals surface area contributed by atoms with Gasteiger partial charge in [-0.15, -0.1) is 0 Å². The van der Waals surface area contributed by atoms with Crippen LogP contribution in [0.4, 0.5) is 0 Å². The van der Waals surface area contributed by atoms with Crippen molar-refractivity contribution >= 4 is 32.0 Å². The Morgan fingerprint density at radius 3 is 3.20 bits per heavy atom. The molecule has 1 aliphatic carbocycles. The average Bonchev–Trinajstić information content (AvgIpc) is 3.07. The summed E-state index contributed by atoms with van der Waals surface area (Å²) < 4.78 is 4.35. The molecule has 1 heteroatoms. The summed E-state index contributed by atoms with van der Waals surface area (Å²) in [4.78, 5) is 0. The third kappa shape index (κ3) is 1.19. The molecule has 1 unspecified atom stereocenters. The van der Waals surface area contributed by atoms with Crippen LogP contribution in [0, 0.1) is 3.57 Å². The van der Waals surface area contributed by atoms with E-state index in [9.17, 15) is 0 Å². The normalized spacial score (nSPS) is 26.9. The predicted octanol–water partition coefficient (Wildman–Crippen LogP) is 3.73. The van der Waals surface area contributed by atoms with Crippen LogP contribution < -0.4 is 0 Å². The Labute approximate surface area is 97.5 Å². The van der Waals surface area contributed by atoms with E-state index < -0.39 is 19.8 Å². The molecule has 0 aromatic heterocycles. The zero-order valence-electron chi connectivity index (χ0n) is 8.54. The average molecular weight is 308 g/mol. The molecule has 1 saturated heterocycles. The van der Waals surface area contributed by atoms with Crippen molar-refractivity contribution in [1.29, 1.82) is 0 Å². The fraction of sp³-hybridized carbons (Fsp3) is 0.286. The summed E-state index contributed by atoms with van der Waals surface area (Å²) in [5, 5.41) is 0. The number of fused-ring (bicyclic) bond motifs is 5. The van der Waals surface area contributed by atoms with Crippen LogP contribution in [0.15, 0.2) is 24.3 Å². The van der Waals surface area contributed by atoms with Crippen LogP contribution in [0.1, 0.15) is 23.1 Å². The summed E-state index contributed by atoms with van der Waals surface area (Å²) in [5.41, 5.74) is 4.73. The van der Waals surface area contributed by atoms with Gasteiger partial charge in [0.05, 0.1) is 0 Å². The maximum atomic E-state index is 2.49. The standard InChI is InChI=1S/C14H13I/c1-2-4-12-10(3-1)5-8-14-13(12)7-6-11-9-15(11)14/h1,3,5-8,11H,2,4,9H2. The summed E-state index contributed by atoms with van der Waals surface area (Å²) in [6, 6.07) is 4.79. The summed E-state index contributed by atoms with van der Waals surface area (Å²) in [6.45, 7) is 0. The molecular weight excluding hydrogens is 295 g/mol. The van der Waals surface area contributed by atoms with E-state index in [1.54, 1.807) is 19.1 Å². The van der Waals surface area contributed by atoms with Crippen LogP contribution in [-0.4, -0.2) is 8.35 Å². The Balaban J connectivity index is 1.99. The number of hydrogen-bond acceptors (Lipinski definition) is 0. The van der Waals surface area contributed by atoms with Gasteiger partial charge >= 0.3 is 97.7 Å². The third-order valence-corrected chi connectivity index (χ3v) is 9.47. The van der Waals surface area contributed by atoms with Gasteiger partial charge in [-0.05, 0) is 0 Å². The van der Waals surface area contributed by atoms with Crippen LogP contribution in [0.25, 0.3) is 12.2 Å². The predicted molar refractivity (Wildman–Crippen MR) is 74.2 cm³/mol. The molecule has 0 nitrogen and oxygen atoms in total. The first-order chi connectivity index (χ1) is 7.43. The van der Waals surface area contributed by atoms with Crippen molar-refractivity contribution in [2.75, 3.05) is 4.43 Å². The molecule has 1 aromatic carbocycles. The maximum absolute atomic E-state index is 2.49. The van der Waals surface area contributed by atoms with Gasteiger partial charge in [0.2, 0.25) is 0 Å². The molecule has 15 heavy (non-hydrogen) atoms. The third-order valence-electron chi connectivity index (χ3n) is 3.48. The monoisotopic (exact) mass is 308 g/mol. The van der Waals surface area contributed by atoms with Crippen molar-refractivity contribution in [3.8, 4) is 0 Å². The zero-order valence-corrected chi connectivity index (χ0v) is 10.7. The summed E-state index contributed by atoms with van der Waals surface area (Å²) in [6.07, 6.45) is 12.0. The van der Waals surface area contributed by atoms with E-state index in [0.29, 0.717) is 0 Å². The number of halogens is 1. The first kappa shape index (κ1) is 8.57. The topological polar surface area (TPSA) is 0 Å². The van der Waals surface area contributed by atoms with Crippen molar-refractivity contribution in [2.24, 2.45) is 0 Å². The molecule has 0 amide bonds. The van der Waals surface area contributed by atoms with Gasteiger partial charge in [0.15, 0.2) is 0 Å². The fourth-order valence-corrected chi connectivity index (χ4v) is 8.68. The Bertz CT molecular complexity index is 496. The molecule has 1 atom stereocenters. The van der Waals surface area contributed by atoms with Crippen molar-refractivity contribution in [1.82, 2.24) is 0 Å². The van der Waals surface area contributed by atoms with E-state index >= 15 is 0 Å². The van der Waals surface area contributed by atoms with Gasteiger partial charge in [-0.3, -0.25) is 0 Å². The molecule has 2 heterocycles. The quantitative estimate of drug-likeness (QED) is 0.506. The van der Waals surface area contributed by atoms with Crippen LogP contribution in [0.3, 0.4) is 0 Å². The second kappa shape index (κ2) is 2.97. The van der Waals surface area contributed by atoms with Crippen LogP contribution in [0.5, 0.6) is 0 Å². The molecule has 0 bridgehead atoms. The first-order valence-corrected chi connectivity index (χ1v) is 9.43. The van der Waals surface area contributed by atoms with Gasteiger partial charge in [0.1, 0.15) is 0 Å². The molecule has 76 valence electrons. The molecule has 1 fully saturated rings. The van der Waals surface area contributed by atoms with Crippen molar-refractivity contribution < 1.29 is 0 Å². The van der Waals surface area contributed by atoms with E-state index in [1.165, 1.54) is 18.4 Å². The van der Waals surface area contributed by atoms with E-state index in [2.05, 4.69) is 36.4 Å². The van der Waals surface area contributed by atoms with Gasteiger partial charge in [0, 0.05) is 0 Å². The Kier molecular flexibility index (Phi) is 1.70. The Morgan fingerprint density at radius 1 is 1.20 bits per heavy atom. The van der Waals surface area contributed by atoms with E-state index in [0.717, 1.165) is 3.92 Å². The van der Waals surface area contributed by atoms with E-state index in [-0.39, 0.29) is 0 Å². The van der Waals surface area contributed by atoms with Crippen LogP contribution >= 0.6 is 19.8 Å². The van der Waals surface area contributed by atoms with Gasteiger partial charge in [0.25, 0.3) is 0 Å². The zero-order chi connectivity index (χ0) is 9.83. The van der Waals surface area contributed by atoms with Gasteiger partial charge in [-0.1, -0.05) is 0 Å². The summed E-state index contributed by atoms with van der Waals surface area (Å²) >= 11 is -0.659. The van der Waals surface area contributed by atoms with Crippen LogP contribution in [-0.2, 0) is 6.42 Å². The Hall–Kier alpha value is -0.570. The molecule has 3 aliphatic rings. The molecule has 0 radical (unpaired) electrons. The SMILES string of the molecule is C1=Cc2ccc3c(c2CC1)C=CC1CI31. The summed E-state index contributed by atoms with van der Waals surface area (Å²) in [7, 11) is 0. The van der Waals surface area contributed by atoms with E-state index in [1.807, 2.05) is 0 Å². The second-order valence-corrected chi connectivity index (χ2v) is 10.3. The number of hydrogen-bond donors (Lipinski definition) is 0. The number of benzene rings is 1. The molecule has 4 rings (SSSR count). The molecule has 0 spiro atoms. The van der Waals surface area contributed by atoms with Crippen molar-refractivity contribution in [2.45, 2.75) is 16.8 Å².